The van der Waals surface area contributed by atoms with Crippen molar-refractivity contribution >= 4 is 29.0 Å². The van der Waals surface area contributed by atoms with E-state index in [1.807, 2.05) is 17.0 Å². The van der Waals surface area contributed by atoms with E-state index in [-0.39, 0.29) is 5.91 Å². The second-order valence-corrected chi connectivity index (χ2v) is 9.32. The average molecular weight is 501 g/mol. The Kier molecular flexibility index (Phi) is 7.16. The molecule has 192 valence electrons. The molecule has 0 radical (unpaired) electrons. The van der Waals surface area contributed by atoms with Gasteiger partial charge >= 0.3 is 6.03 Å². The van der Waals surface area contributed by atoms with Gasteiger partial charge in [-0.2, -0.15) is 0 Å². The Morgan fingerprint density at radius 1 is 0.838 bits per heavy atom. The van der Waals surface area contributed by atoms with E-state index in [0.717, 1.165) is 51.1 Å². The molecule has 0 atom stereocenters. The number of fused-ring (bicyclic) bond motifs is 1. The highest BCUT2D eigenvalue weighted by Crippen LogP contribution is 2.32. The summed E-state index contributed by atoms with van der Waals surface area (Å²) in [6.07, 6.45) is 2.96. The zero-order valence-electron chi connectivity index (χ0n) is 21.3. The maximum Gasteiger partial charge on any atom is 0.323 e. The summed E-state index contributed by atoms with van der Waals surface area (Å²) in [4.78, 5) is 30.6. The van der Waals surface area contributed by atoms with E-state index in [9.17, 15) is 9.59 Å². The van der Waals surface area contributed by atoms with Gasteiger partial charge in [0.2, 0.25) is 0 Å². The summed E-state index contributed by atoms with van der Waals surface area (Å²) in [5.41, 5.74) is 5.21. The van der Waals surface area contributed by atoms with E-state index in [2.05, 4.69) is 39.8 Å². The Hall–Kier alpha value is -4.20. The van der Waals surface area contributed by atoms with Crippen LogP contribution in [0.2, 0.25) is 0 Å². The highest BCUT2D eigenvalue weighted by atomic mass is 16.5. The van der Waals surface area contributed by atoms with Crippen molar-refractivity contribution in [1.82, 2.24) is 4.90 Å². The first-order valence-corrected chi connectivity index (χ1v) is 12.6. The Morgan fingerprint density at radius 3 is 2.38 bits per heavy atom. The first-order valence-electron chi connectivity index (χ1n) is 12.6. The molecule has 0 saturated carbocycles. The lowest BCUT2D eigenvalue weighted by Crippen LogP contribution is -2.34. The van der Waals surface area contributed by atoms with Crippen LogP contribution in [-0.4, -0.2) is 50.7 Å². The summed E-state index contributed by atoms with van der Waals surface area (Å²) in [6.45, 7) is 3.11. The van der Waals surface area contributed by atoms with Crippen molar-refractivity contribution < 1.29 is 19.1 Å². The second-order valence-electron chi connectivity index (χ2n) is 9.32. The fourth-order valence-electron chi connectivity index (χ4n) is 5.04. The van der Waals surface area contributed by atoms with E-state index >= 15 is 0 Å². The summed E-state index contributed by atoms with van der Waals surface area (Å²) in [5.74, 6) is 1.12. The average Bonchev–Trinajstić information content (AvgIpc) is 3.48. The predicted molar refractivity (Wildman–Crippen MR) is 145 cm³/mol. The van der Waals surface area contributed by atoms with E-state index in [1.54, 1.807) is 31.4 Å². The predicted octanol–water partition coefficient (Wildman–Crippen LogP) is 5.15. The number of methoxy groups -OCH3 is 2. The SMILES string of the molecule is COc1ccc(NC(=O)Nc2ccc(N3CCc4ccccc4C3)c(C(=O)N3CCCC3)c2)c(OC)c1. The highest BCUT2D eigenvalue weighted by molar-refractivity contribution is 6.04. The Labute approximate surface area is 217 Å². The molecule has 0 unspecified atom stereocenters. The van der Waals surface area contributed by atoms with Crippen LogP contribution in [0.15, 0.2) is 60.7 Å². The Bertz CT molecular complexity index is 1300. The maximum atomic E-state index is 13.6. The van der Waals surface area contributed by atoms with Gasteiger partial charge in [-0.25, -0.2) is 4.79 Å². The summed E-state index contributed by atoms with van der Waals surface area (Å²) < 4.78 is 10.6. The monoisotopic (exact) mass is 500 g/mol. The van der Waals surface area contributed by atoms with E-state index in [4.69, 9.17) is 9.47 Å². The van der Waals surface area contributed by atoms with Crippen LogP contribution in [0, 0.1) is 0 Å². The first kappa shape index (κ1) is 24.5. The lowest BCUT2D eigenvalue weighted by atomic mass is 9.98. The number of benzene rings is 3. The molecule has 1 saturated heterocycles. The minimum atomic E-state index is -0.428. The fourth-order valence-corrected chi connectivity index (χ4v) is 5.04. The topological polar surface area (TPSA) is 83.1 Å². The van der Waals surface area contributed by atoms with Crippen LogP contribution in [-0.2, 0) is 13.0 Å². The zero-order valence-corrected chi connectivity index (χ0v) is 21.3. The van der Waals surface area contributed by atoms with Gasteiger partial charge < -0.3 is 29.9 Å². The quantitative estimate of drug-likeness (QED) is 0.489. The molecule has 0 aromatic heterocycles. The van der Waals surface area contributed by atoms with Crippen molar-refractivity contribution in [3.63, 3.8) is 0 Å². The number of nitrogens with zero attached hydrogens (tertiary/aromatic N) is 2. The molecule has 2 heterocycles. The summed E-state index contributed by atoms with van der Waals surface area (Å²) in [5, 5.41) is 5.69. The number of amides is 3. The van der Waals surface area contributed by atoms with Crippen LogP contribution in [0.1, 0.15) is 34.3 Å². The van der Waals surface area contributed by atoms with Crippen molar-refractivity contribution in [2.75, 3.05) is 49.4 Å². The van der Waals surface area contributed by atoms with Crippen LogP contribution >= 0.6 is 0 Å². The lowest BCUT2D eigenvalue weighted by Gasteiger charge is -2.33. The number of likely N-dealkylation sites (tertiary alicyclic amines) is 1. The van der Waals surface area contributed by atoms with E-state index < -0.39 is 6.03 Å². The summed E-state index contributed by atoms with van der Waals surface area (Å²) in [7, 11) is 3.10. The second kappa shape index (κ2) is 10.8. The van der Waals surface area contributed by atoms with Gasteiger partial charge in [0, 0.05) is 43.6 Å². The molecular weight excluding hydrogens is 468 g/mol. The molecule has 3 aromatic carbocycles. The Balaban J connectivity index is 1.39. The molecule has 3 aromatic rings. The minimum Gasteiger partial charge on any atom is -0.497 e. The van der Waals surface area contributed by atoms with Crippen LogP contribution in [0.5, 0.6) is 11.5 Å². The third-order valence-electron chi connectivity index (χ3n) is 7.01. The number of rotatable bonds is 6. The maximum absolute atomic E-state index is 13.6. The van der Waals surface area contributed by atoms with Crippen LogP contribution in [0.4, 0.5) is 21.9 Å². The lowest BCUT2D eigenvalue weighted by molar-refractivity contribution is 0.0793. The number of anilines is 3. The molecule has 2 N–H and O–H groups in total. The van der Waals surface area contributed by atoms with Gasteiger partial charge in [-0.3, -0.25) is 4.79 Å². The van der Waals surface area contributed by atoms with Crippen LogP contribution < -0.4 is 25.0 Å². The third-order valence-corrected chi connectivity index (χ3v) is 7.01. The fraction of sp³-hybridized carbons (Fsp3) is 0.310. The highest BCUT2D eigenvalue weighted by Gasteiger charge is 2.26. The molecule has 0 bridgehead atoms. The molecule has 37 heavy (non-hydrogen) atoms. The van der Waals surface area contributed by atoms with Gasteiger partial charge in [-0.15, -0.1) is 0 Å². The van der Waals surface area contributed by atoms with Crippen molar-refractivity contribution in [3.05, 3.63) is 77.4 Å². The van der Waals surface area contributed by atoms with Gasteiger partial charge in [-0.1, -0.05) is 24.3 Å². The molecule has 8 nitrogen and oxygen atoms in total. The van der Waals surface area contributed by atoms with Gasteiger partial charge in [0.25, 0.3) is 5.91 Å². The number of carbonyl (C=O) groups excluding carboxylic acids is 2. The minimum absolute atomic E-state index is 0.00670. The Morgan fingerprint density at radius 2 is 1.62 bits per heavy atom. The molecule has 3 amide bonds. The largest absolute Gasteiger partial charge is 0.497 e. The van der Waals surface area contributed by atoms with Gasteiger partial charge in [-0.05, 0) is 60.7 Å². The molecule has 1 fully saturated rings. The van der Waals surface area contributed by atoms with Crippen LogP contribution in [0.25, 0.3) is 0 Å². The molecule has 2 aliphatic heterocycles. The summed E-state index contributed by atoms with van der Waals surface area (Å²) >= 11 is 0. The van der Waals surface area contributed by atoms with Gasteiger partial charge in [0.1, 0.15) is 11.5 Å². The van der Waals surface area contributed by atoms with Crippen LogP contribution in [0.3, 0.4) is 0 Å². The van der Waals surface area contributed by atoms with Gasteiger partial charge in [0.15, 0.2) is 0 Å². The standard InChI is InChI=1S/C29H32N4O4/c1-36-23-10-11-25(27(18-23)37-2)31-29(35)30-22-9-12-26(24(17-22)28(34)32-14-5-6-15-32)33-16-13-20-7-3-4-8-21(20)19-33/h3-4,7-12,17-18H,5-6,13-16,19H2,1-2H3,(H2,30,31,35). The number of hydrogen-bond acceptors (Lipinski definition) is 5. The van der Waals surface area contributed by atoms with E-state index in [0.29, 0.717) is 28.4 Å². The van der Waals surface area contributed by atoms with E-state index in [1.165, 1.54) is 18.2 Å². The molecular formula is C29H32N4O4. The summed E-state index contributed by atoms with van der Waals surface area (Å²) in [6, 6.07) is 18.8. The smallest absolute Gasteiger partial charge is 0.323 e. The zero-order chi connectivity index (χ0) is 25.8. The normalized spacial score (nSPS) is 14.6. The van der Waals surface area contributed by atoms with Crippen molar-refractivity contribution in [3.8, 4) is 11.5 Å². The molecule has 5 rings (SSSR count). The molecule has 0 spiro atoms. The number of nitrogens with one attached hydrogen (secondary N) is 2. The molecule has 8 heteroatoms. The first-order chi connectivity index (χ1) is 18.1. The van der Waals surface area contributed by atoms with Crippen molar-refractivity contribution in [2.24, 2.45) is 0 Å². The van der Waals surface area contributed by atoms with Crippen molar-refractivity contribution in [2.45, 2.75) is 25.8 Å². The number of urea groups is 1. The molecule has 2 aliphatic rings. The number of ether oxygens (including phenoxy) is 2. The molecule has 0 aliphatic carbocycles. The number of hydrogen-bond donors (Lipinski definition) is 2. The number of carbonyl (C=O) groups is 2. The van der Waals surface area contributed by atoms with Crippen molar-refractivity contribution in [1.29, 1.82) is 0 Å². The third kappa shape index (κ3) is 5.33. The van der Waals surface area contributed by atoms with Gasteiger partial charge in [0.05, 0.1) is 25.5 Å².